The topological polar surface area (TPSA) is 62.7 Å². The largest absolute Gasteiger partial charge is 0.357 e. The van der Waals surface area contributed by atoms with Crippen molar-refractivity contribution < 1.29 is 4.39 Å². The molecule has 94 valence electrons. The van der Waals surface area contributed by atoms with Gasteiger partial charge in [0.1, 0.15) is 5.82 Å². The van der Waals surface area contributed by atoms with Gasteiger partial charge in [0.25, 0.3) is 0 Å². The molecule has 18 heavy (non-hydrogen) atoms. The van der Waals surface area contributed by atoms with E-state index >= 15 is 0 Å². The van der Waals surface area contributed by atoms with E-state index in [0.717, 1.165) is 0 Å². The smallest absolute Gasteiger partial charge is 0.233 e. The number of hydrogen-bond donors (Lipinski definition) is 2. The van der Waals surface area contributed by atoms with Gasteiger partial charge in [-0.1, -0.05) is 11.6 Å². The molecule has 1 aromatic carbocycles. The van der Waals surface area contributed by atoms with Gasteiger partial charge in [0.15, 0.2) is 0 Å². The molecule has 2 rings (SSSR count). The number of hydrogen-bond acceptors (Lipinski definition) is 5. The van der Waals surface area contributed by atoms with E-state index in [4.69, 9.17) is 23.2 Å². The maximum Gasteiger partial charge on any atom is 0.233 e. The molecule has 0 aliphatic rings. The SMILES string of the molecule is CNc1nc(Cl)nc(Nc2ccc(F)cc2Cl)n1. The van der Waals surface area contributed by atoms with E-state index in [1.165, 1.54) is 18.2 Å². The van der Waals surface area contributed by atoms with Crippen LogP contribution in [0.2, 0.25) is 10.3 Å². The molecule has 0 bridgehead atoms. The van der Waals surface area contributed by atoms with Gasteiger partial charge in [0.2, 0.25) is 17.2 Å². The Kier molecular flexibility index (Phi) is 3.78. The third-order valence-electron chi connectivity index (χ3n) is 2.01. The highest BCUT2D eigenvalue weighted by molar-refractivity contribution is 6.33. The number of benzene rings is 1. The Balaban J connectivity index is 2.30. The van der Waals surface area contributed by atoms with Crippen molar-refractivity contribution in [2.75, 3.05) is 17.7 Å². The van der Waals surface area contributed by atoms with Gasteiger partial charge in [-0.15, -0.1) is 0 Å². The summed E-state index contributed by atoms with van der Waals surface area (Å²) in [5, 5.41) is 5.82. The Hall–Kier alpha value is -1.66. The number of nitrogens with one attached hydrogen (secondary N) is 2. The van der Waals surface area contributed by atoms with Crippen molar-refractivity contribution in [3.8, 4) is 0 Å². The first-order chi connectivity index (χ1) is 8.58. The Bertz CT molecular complexity index is 578. The van der Waals surface area contributed by atoms with Crippen LogP contribution in [0.15, 0.2) is 18.2 Å². The van der Waals surface area contributed by atoms with Gasteiger partial charge in [0, 0.05) is 7.05 Å². The highest BCUT2D eigenvalue weighted by atomic mass is 35.5. The summed E-state index contributed by atoms with van der Waals surface area (Å²) in [5.41, 5.74) is 0.474. The first-order valence-corrected chi connectivity index (χ1v) is 5.65. The molecule has 8 heteroatoms. The average molecular weight is 288 g/mol. The standard InChI is InChI=1S/C10H8Cl2FN5/c1-14-9-16-8(12)17-10(18-9)15-7-3-2-5(13)4-6(7)11/h2-4H,1H3,(H2,14,15,16,17,18). The molecule has 0 aliphatic heterocycles. The highest BCUT2D eigenvalue weighted by Crippen LogP contribution is 2.25. The Morgan fingerprint density at radius 3 is 2.50 bits per heavy atom. The second-order valence-corrected chi connectivity index (χ2v) is 4.00. The molecular weight excluding hydrogens is 280 g/mol. The van der Waals surface area contributed by atoms with Crippen LogP contribution in [0.25, 0.3) is 0 Å². The van der Waals surface area contributed by atoms with Crippen LogP contribution < -0.4 is 10.6 Å². The van der Waals surface area contributed by atoms with Crippen LogP contribution in [0.5, 0.6) is 0 Å². The Morgan fingerprint density at radius 2 is 1.83 bits per heavy atom. The van der Waals surface area contributed by atoms with Crippen LogP contribution in [0, 0.1) is 5.82 Å². The van der Waals surface area contributed by atoms with Crippen molar-refractivity contribution >= 4 is 40.8 Å². The molecule has 0 unspecified atom stereocenters. The Morgan fingerprint density at radius 1 is 1.11 bits per heavy atom. The molecular formula is C10H8Cl2FN5. The summed E-state index contributed by atoms with van der Waals surface area (Å²) in [7, 11) is 1.65. The van der Waals surface area contributed by atoms with E-state index in [0.29, 0.717) is 11.6 Å². The van der Waals surface area contributed by atoms with E-state index < -0.39 is 5.82 Å². The van der Waals surface area contributed by atoms with Crippen molar-refractivity contribution in [1.82, 2.24) is 15.0 Å². The molecule has 0 atom stereocenters. The molecule has 1 heterocycles. The number of nitrogens with zero attached hydrogens (tertiary/aromatic N) is 3. The molecule has 0 fully saturated rings. The molecule has 0 amide bonds. The van der Waals surface area contributed by atoms with Crippen LogP contribution in [0.4, 0.5) is 22.0 Å². The molecule has 2 N–H and O–H groups in total. The second kappa shape index (κ2) is 5.32. The Labute approximate surface area is 112 Å². The zero-order valence-electron chi connectivity index (χ0n) is 9.21. The van der Waals surface area contributed by atoms with Crippen molar-refractivity contribution in [2.45, 2.75) is 0 Å². The summed E-state index contributed by atoms with van der Waals surface area (Å²) in [5.74, 6) is 0.110. The molecule has 0 radical (unpaired) electrons. The monoisotopic (exact) mass is 287 g/mol. The maximum atomic E-state index is 12.9. The van der Waals surface area contributed by atoms with Crippen molar-refractivity contribution in [3.63, 3.8) is 0 Å². The number of anilines is 3. The lowest BCUT2D eigenvalue weighted by Gasteiger charge is -2.08. The first-order valence-electron chi connectivity index (χ1n) is 4.90. The van der Waals surface area contributed by atoms with Gasteiger partial charge in [-0.25, -0.2) is 4.39 Å². The summed E-state index contributed by atoms with van der Waals surface area (Å²) in [6.45, 7) is 0. The third kappa shape index (κ3) is 2.96. The minimum atomic E-state index is -0.421. The first kappa shape index (κ1) is 12.8. The zero-order valence-corrected chi connectivity index (χ0v) is 10.7. The average Bonchev–Trinajstić information content (AvgIpc) is 2.32. The van der Waals surface area contributed by atoms with Gasteiger partial charge >= 0.3 is 0 Å². The fourth-order valence-electron chi connectivity index (χ4n) is 1.23. The maximum absolute atomic E-state index is 12.9. The minimum absolute atomic E-state index is 0.0371. The molecule has 0 spiro atoms. The zero-order chi connectivity index (χ0) is 13.1. The fourth-order valence-corrected chi connectivity index (χ4v) is 1.60. The molecule has 5 nitrogen and oxygen atoms in total. The molecule has 0 aliphatic carbocycles. The number of halogens is 3. The lowest BCUT2D eigenvalue weighted by Crippen LogP contribution is -2.04. The van der Waals surface area contributed by atoms with Gasteiger partial charge in [-0.05, 0) is 29.8 Å². The van der Waals surface area contributed by atoms with E-state index in [2.05, 4.69) is 25.6 Å². The van der Waals surface area contributed by atoms with Gasteiger partial charge < -0.3 is 10.6 Å². The lowest BCUT2D eigenvalue weighted by molar-refractivity contribution is 0.628. The predicted molar refractivity (Wildman–Crippen MR) is 69.1 cm³/mol. The summed E-state index contributed by atoms with van der Waals surface area (Å²) in [4.78, 5) is 11.7. The van der Waals surface area contributed by atoms with Crippen LogP contribution in [-0.2, 0) is 0 Å². The quantitative estimate of drug-likeness (QED) is 0.908. The van der Waals surface area contributed by atoms with Crippen molar-refractivity contribution in [2.24, 2.45) is 0 Å². The molecule has 1 aromatic heterocycles. The number of rotatable bonds is 3. The van der Waals surface area contributed by atoms with E-state index in [1.807, 2.05) is 0 Å². The van der Waals surface area contributed by atoms with Crippen molar-refractivity contribution in [1.29, 1.82) is 0 Å². The highest BCUT2D eigenvalue weighted by Gasteiger charge is 2.07. The molecule has 0 saturated heterocycles. The van der Waals surface area contributed by atoms with Crippen LogP contribution in [0.3, 0.4) is 0 Å². The molecule has 0 saturated carbocycles. The normalized spacial score (nSPS) is 10.2. The van der Waals surface area contributed by atoms with Crippen LogP contribution in [0.1, 0.15) is 0 Å². The van der Waals surface area contributed by atoms with Crippen molar-refractivity contribution in [3.05, 3.63) is 34.3 Å². The van der Waals surface area contributed by atoms with E-state index in [9.17, 15) is 4.39 Å². The van der Waals surface area contributed by atoms with Gasteiger partial charge in [-0.2, -0.15) is 15.0 Å². The van der Waals surface area contributed by atoms with Crippen LogP contribution in [-0.4, -0.2) is 22.0 Å². The number of aromatic nitrogens is 3. The van der Waals surface area contributed by atoms with Gasteiger partial charge in [0.05, 0.1) is 10.7 Å². The second-order valence-electron chi connectivity index (χ2n) is 3.25. The summed E-state index contributed by atoms with van der Waals surface area (Å²) < 4.78 is 12.9. The van der Waals surface area contributed by atoms with E-state index in [-0.39, 0.29) is 16.3 Å². The van der Waals surface area contributed by atoms with Gasteiger partial charge in [-0.3, -0.25) is 0 Å². The minimum Gasteiger partial charge on any atom is -0.357 e. The summed E-state index contributed by atoms with van der Waals surface area (Å²) in [6, 6.07) is 3.94. The lowest BCUT2D eigenvalue weighted by atomic mass is 10.3. The summed E-state index contributed by atoms with van der Waals surface area (Å²) in [6.07, 6.45) is 0. The predicted octanol–water partition coefficient (Wildman–Crippen LogP) is 3.10. The molecule has 2 aromatic rings. The summed E-state index contributed by atoms with van der Waals surface area (Å²) >= 11 is 11.6. The van der Waals surface area contributed by atoms with E-state index in [1.54, 1.807) is 7.05 Å². The fraction of sp³-hybridized carbons (Fsp3) is 0.100. The third-order valence-corrected chi connectivity index (χ3v) is 2.49. The van der Waals surface area contributed by atoms with Crippen LogP contribution >= 0.6 is 23.2 Å².